The Bertz CT molecular complexity index is 460. The maximum absolute atomic E-state index is 4.46. The summed E-state index contributed by atoms with van der Waals surface area (Å²) in [6.07, 6.45) is 3.96. The molecule has 2 N–H and O–H groups in total. The lowest BCUT2D eigenvalue weighted by molar-refractivity contribution is 0.792. The van der Waals surface area contributed by atoms with Gasteiger partial charge < -0.3 is 5.32 Å². The van der Waals surface area contributed by atoms with Gasteiger partial charge in [-0.15, -0.1) is 0 Å². The van der Waals surface area contributed by atoms with E-state index in [0.29, 0.717) is 5.92 Å². The number of hydrogen-bond acceptors (Lipinski definition) is 6. The normalized spacial score (nSPS) is 17.3. The molecule has 0 spiro atoms. The Balaban J connectivity index is 1.68. The topological polar surface area (TPSA) is 79.4 Å². The van der Waals surface area contributed by atoms with Crippen molar-refractivity contribution in [2.75, 3.05) is 5.32 Å². The zero-order valence-corrected chi connectivity index (χ0v) is 9.66. The molecular weight excluding hydrogens is 224 g/mol. The van der Waals surface area contributed by atoms with Gasteiger partial charge in [0.05, 0.1) is 6.04 Å². The molecule has 0 aliphatic heterocycles. The highest BCUT2D eigenvalue weighted by Crippen LogP contribution is 2.39. The largest absolute Gasteiger partial charge is 0.351 e. The van der Waals surface area contributed by atoms with Crippen molar-refractivity contribution in [1.29, 1.82) is 0 Å². The first-order valence-electron chi connectivity index (χ1n) is 5.28. The molecule has 0 saturated heterocycles. The zero-order valence-electron chi connectivity index (χ0n) is 8.84. The molecule has 1 atom stereocenters. The van der Waals surface area contributed by atoms with Crippen LogP contribution in [0.5, 0.6) is 0 Å². The van der Waals surface area contributed by atoms with Gasteiger partial charge in [-0.1, -0.05) is 0 Å². The molecule has 1 fully saturated rings. The minimum absolute atomic E-state index is 0.0718. The van der Waals surface area contributed by atoms with Gasteiger partial charge in [0, 0.05) is 17.5 Å². The molecule has 3 rings (SSSR count). The average Bonchev–Trinajstić information content (AvgIpc) is 2.82. The molecule has 1 saturated carbocycles. The van der Waals surface area contributed by atoms with E-state index >= 15 is 0 Å². The summed E-state index contributed by atoms with van der Waals surface area (Å²) in [5.74, 6) is 2.40. The fourth-order valence-electron chi connectivity index (χ4n) is 1.48. The Morgan fingerprint density at radius 1 is 1.56 bits per heavy atom. The summed E-state index contributed by atoms with van der Waals surface area (Å²) in [5, 5.41) is 10.8. The molecule has 7 heteroatoms. The molecule has 1 aliphatic carbocycles. The SMILES string of the molecule is CC(Nc1nc(C2CC2)ns1)c1ncn[nH]1. The molecular formula is C9H12N6S. The van der Waals surface area contributed by atoms with E-state index in [2.05, 4.69) is 29.9 Å². The van der Waals surface area contributed by atoms with Gasteiger partial charge in [-0.25, -0.2) is 9.97 Å². The predicted molar refractivity (Wildman–Crippen MR) is 60.3 cm³/mol. The van der Waals surface area contributed by atoms with E-state index in [9.17, 15) is 0 Å². The van der Waals surface area contributed by atoms with Gasteiger partial charge in [-0.05, 0) is 19.8 Å². The van der Waals surface area contributed by atoms with E-state index in [0.717, 1.165) is 16.8 Å². The fraction of sp³-hybridized carbons (Fsp3) is 0.556. The smallest absolute Gasteiger partial charge is 0.203 e. The summed E-state index contributed by atoms with van der Waals surface area (Å²) >= 11 is 1.41. The van der Waals surface area contributed by atoms with Gasteiger partial charge in [0.1, 0.15) is 18.0 Å². The minimum Gasteiger partial charge on any atom is -0.351 e. The van der Waals surface area contributed by atoms with E-state index in [1.165, 1.54) is 30.7 Å². The maximum atomic E-state index is 4.46. The second-order valence-corrected chi connectivity index (χ2v) is 4.72. The van der Waals surface area contributed by atoms with Crippen molar-refractivity contribution in [3.8, 4) is 0 Å². The minimum atomic E-state index is 0.0718. The van der Waals surface area contributed by atoms with E-state index in [1.54, 1.807) is 0 Å². The molecule has 0 bridgehead atoms. The monoisotopic (exact) mass is 236 g/mol. The first-order valence-corrected chi connectivity index (χ1v) is 6.05. The number of nitrogens with zero attached hydrogens (tertiary/aromatic N) is 4. The zero-order chi connectivity index (χ0) is 11.0. The number of anilines is 1. The third kappa shape index (κ3) is 1.90. The van der Waals surface area contributed by atoms with Crippen LogP contribution in [-0.2, 0) is 0 Å². The van der Waals surface area contributed by atoms with Gasteiger partial charge in [0.15, 0.2) is 0 Å². The van der Waals surface area contributed by atoms with Crippen molar-refractivity contribution in [2.24, 2.45) is 0 Å². The van der Waals surface area contributed by atoms with Crippen LogP contribution in [0.1, 0.15) is 43.4 Å². The second-order valence-electron chi connectivity index (χ2n) is 3.97. The van der Waals surface area contributed by atoms with Gasteiger partial charge in [-0.3, -0.25) is 5.10 Å². The summed E-state index contributed by atoms with van der Waals surface area (Å²) in [4.78, 5) is 8.55. The number of H-pyrrole nitrogens is 1. The van der Waals surface area contributed by atoms with E-state index in [-0.39, 0.29) is 6.04 Å². The molecule has 0 amide bonds. The molecule has 2 aromatic heterocycles. The Hall–Kier alpha value is -1.50. The lowest BCUT2D eigenvalue weighted by atomic mass is 10.3. The van der Waals surface area contributed by atoms with E-state index in [4.69, 9.17) is 0 Å². The molecule has 16 heavy (non-hydrogen) atoms. The summed E-state index contributed by atoms with van der Waals surface area (Å²) in [6.45, 7) is 2.01. The number of aromatic amines is 1. The number of aromatic nitrogens is 5. The molecule has 6 nitrogen and oxygen atoms in total. The fourth-order valence-corrected chi connectivity index (χ4v) is 2.21. The molecule has 2 aromatic rings. The summed E-state index contributed by atoms with van der Waals surface area (Å²) < 4.78 is 4.33. The highest BCUT2D eigenvalue weighted by molar-refractivity contribution is 7.09. The van der Waals surface area contributed by atoms with Crippen LogP contribution in [0.2, 0.25) is 0 Å². The van der Waals surface area contributed by atoms with Gasteiger partial charge >= 0.3 is 0 Å². The Kier molecular flexibility index (Phi) is 2.32. The van der Waals surface area contributed by atoms with Crippen molar-refractivity contribution >= 4 is 16.7 Å². The standard InChI is InChI=1S/C9H12N6S/c1-5(7-10-4-11-14-7)12-9-13-8(15-16-9)6-2-3-6/h4-6H,2-3H2,1H3,(H,10,11,14)(H,12,13,15). The van der Waals surface area contributed by atoms with Gasteiger partial charge in [-0.2, -0.15) is 9.47 Å². The van der Waals surface area contributed by atoms with Crippen LogP contribution < -0.4 is 5.32 Å². The van der Waals surface area contributed by atoms with E-state index in [1.807, 2.05) is 6.92 Å². The van der Waals surface area contributed by atoms with Crippen molar-refractivity contribution < 1.29 is 0 Å². The molecule has 1 unspecified atom stereocenters. The number of rotatable bonds is 4. The number of nitrogens with one attached hydrogen (secondary N) is 2. The Labute approximate surface area is 96.7 Å². The lowest BCUT2D eigenvalue weighted by Crippen LogP contribution is -2.08. The first kappa shape index (κ1) is 9.71. The highest BCUT2D eigenvalue weighted by atomic mass is 32.1. The van der Waals surface area contributed by atoms with Crippen LogP contribution in [0.25, 0.3) is 0 Å². The van der Waals surface area contributed by atoms with Crippen LogP contribution >= 0.6 is 11.5 Å². The average molecular weight is 236 g/mol. The van der Waals surface area contributed by atoms with Crippen molar-refractivity contribution in [1.82, 2.24) is 24.5 Å². The van der Waals surface area contributed by atoms with Crippen molar-refractivity contribution in [3.05, 3.63) is 18.0 Å². The third-order valence-corrected chi connectivity index (χ3v) is 3.23. The van der Waals surface area contributed by atoms with Gasteiger partial charge in [0.2, 0.25) is 5.13 Å². The predicted octanol–water partition coefficient (Wildman–Crippen LogP) is 1.71. The van der Waals surface area contributed by atoms with Gasteiger partial charge in [0.25, 0.3) is 0 Å². The lowest BCUT2D eigenvalue weighted by Gasteiger charge is -2.07. The Morgan fingerprint density at radius 2 is 2.44 bits per heavy atom. The number of hydrogen-bond donors (Lipinski definition) is 2. The quantitative estimate of drug-likeness (QED) is 0.844. The molecule has 84 valence electrons. The molecule has 2 heterocycles. The molecule has 0 radical (unpaired) electrons. The van der Waals surface area contributed by atoms with Crippen LogP contribution in [0.15, 0.2) is 6.33 Å². The molecule has 0 aromatic carbocycles. The third-order valence-electron chi connectivity index (χ3n) is 2.57. The summed E-state index contributed by atoms with van der Waals surface area (Å²) in [5.41, 5.74) is 0. The molecule has 1 aliphatic rings. The van der Waals surface area contributed by atoms with Crippen molar-refractivity contribution in [2.45, 2.75) is 31.7 Å². The van der Waals surface area contributed by atoms with Crippen molar-refractivity contribution in [3.63, 3.8) is 0 Å². The first-order chi connectivity index (χ1) is 7.83. The summed E-state index contributed by atoms with van der Waals surface area (Å²) in [7, 11) is 0. The highest BCUT2D eigenvalue weighted by Gasteiger charge is 2.28. The van der Waals surface area contributed by atoms with Crippen LogP contribution in [0.3, 0.4) is 0 Å². The second kappa shape index (κ2) is 3.82. The van der Waals surface area contributed by atoms with Crippen LogP contribution in [-0.4, -0.2) is 24.5 Å². The summed E-state index contributed by atoms with van der Waals surface area (Å²) in [6, 6.07) is 0.0718. The van der Waals surface area contributed by atoms with Crippen LogP contribution in [0.4, 0.5) is 5.13 Å². The maximum Gasteiger partial charge on any atom is 0.203 e. The van der Waals surface area contributed by atoms with E-state index < -0.39 is 0 Å². The Morgan fingerprint density at radius 3 is 3.12 bits per heavy atom. The van der Waals surface area contributed by atoms with Crippen LogP contribution in [0, 0.1) is 0 Å².